The number of rotatable bonds is 8. The number of nitro groups is 1. The topological polar surface area (TPSA) is 107 Å². The molecule has 3 N–H and O–H groups in total. The zero-order chi connectivity index (χ0) is 16.0. The molecule has 21 heavy (non-hydrogen) atoms. The van der Waals surface area contributed by atoms with Crippen molar-refractivity contribution in [2.45, 2.75) is 39.3 Å². The molecule has 1 atom stereocenters. The number of nitrogens with zero attached hydrogens (tertiary/aromatic N) is 1. The van der Waals surface area contributed by atoms with E-state index in [-0.39, 0.29) is 24.1 Å². The van der Waals surface area contributed by atoms with E-state index in [2.05, 4.69) is 5.32 Å². The third kappa shape index (κ3) is 5.03. The minimum absolute atomic E-state index is 0.0450. The summed E-state index contributed by atoms with van der Waals surface area (Å²) >= 11 is 0. The van der Waals surface area contributed by atoms with E-state index < -0.39 is 16.9 Å². The predicted octanol–water partition coefficient (Wildman–Crippen LogP) is 1.39. The average molecular weight is 295 g/mol. The zero-order valence-corrected chi connectivity index (χ0v) is 12.5. The van der Waals surface area contributed by atoms with Crippen molar-refractivity contribution in [2.24, 2.45) is 5.73 Å². The highest BCUT2D eigenvalue weighted by atomic mass is 16.6. The Hall–Kier alpha value is -2.15. The molecule has 7 nitrogen and oxygen atoms in total. The first kappa shape index (κ1) is 16.9. The molecule has 7 heteroatoms. The zero-order valence-electron chi connectivity index (χ0n) is 12.5. The minimum atomic E-state index is -0.699. The van der Waals surface area contributed by atoms with Crippen LogP contribution < -0.4 is 15.8 Å². The number of aryl methyl sites for hydroxylation is 1. The second-order valence-corrected chi connectivity index (χ2v) is 5.00. The van der Waals surface area contributed by atoms with Gasteiger partial charge in [-0.3, -0.25) is 14.9 Å². The average Bonchev–Trinajstić information content (AvgIpc) is 2.42. The van der Waals surface area contributed by atoms with E-state index in [0.717, 1.165) is 5.56 Å². The van der Waals surface area contributed by atoms with Crippen LogP contribution in [0.25, 0.3) is 0 Å². The number of nitro benzene ring substituents is 1. The van der Waals surface area contributed by atoms with Crippen molar-refractivity contribution in [2.75, 3.05) is 6.61 Å². The number of hydrogen-bond acceptors (Lipinski definition) is 5. The molecule has 0 spiro atoms. The van der Waals surface area contributed by atoms with E-state index in [1.54, 1.807) is 12.1 Å². The van der Waals surface area contributed by atoms with Crippen LogP contribution in [-0.4, -0.2) is 29.5 Å². The summed E-state index contributed by atoms with van der Waals surface area (Å²) in [4.78, 5) is 21.9. The number of primary amides is 1. The predicted molar refractivity (Wildman–Crippen MR) is 79.2 cm³/mol. The van der Waals surface area contributed by atoms with Gasteiger partial charge in [-0.2, -0.15) is 0 Å². The highest BCUT2D eigenvalue weighted by Crippen LogP contribution is 2.28. The first-order valence-corrected chi connectivity index (χ1v) is 6.80. The minimum Gasteiger partial charge on any atom is -0.485 e. The number of carbonyl (C=O) groups excluding carboxylic acids is 1. The van der Waals surface area contributed by atoms with Crippen LogP contribution in [0, 0.1) is 10.1 Å². The maximum atomic E-state index is 11.3. The lowest BCUT2D eigenvalue weighted by Crippen LogP contribution is -2.48. The Morgan fingerprint density at radius 2 is 2.14 bits per heavy atom. The molecule has 1 unspecified atom stereocenters. The van der Waals surface area contributed by atoms with E-state index in [1.165, 1.54) is 6.07 Å². The summed E-state index contributed by atoms with van der Waals surface area (Å²) in [6.45, 7) is 5.60. The van der Waals surface area contributed by atoms with Crippen LogP contribution in [0.1, 0.15) is 26.3 Å². The first-order valence-electron chi connectivity index (χ1n) is 6.80. The maximum Gasteiger partial charge on any atom is 0.311 e. The highest BCUT2D eigenvalue weighted by molar-refractivity contribution is 5.80. The van der Waals surface area contributed by atoms with Gasteiger partial charge in [0.25, 0.3) is 0 Å². The van der Waals surface area contributed by atoms with Gasteiger partial charge in [-0.25, -0.2) is 0 Å². The van der Waals surface area contributed by atoms with Gasteiger partial charge in [0.15, 0.2) is 5.75 Å². The quantitative estimate of drug-likeness (QED) is 0.556. The third-order valence-electron chi connectivity index (χ3n) is 2.91. The van der Waals surface area contributed by atoms with E-state index in [1.807, 2.05) is 20.8 Å². The number of benzene rings is 1. The van der Waals surface area contributed by atoms with Gasteiger partial charge >= 0.3 is 5.69 Å². The van der Waals surface area contributed by atoms with E-state index in [4.69, 9.17) is 10.5 Å². The van der Waals surface area contributed by atoms with Crippen LogP contribution in [0.5, 0.6) is 5.75 Å². The van der Waals surface area contributed by atoms with Crippen molar-refractivity contribution in [1.82, 2.24) is 5.32 Å². The van der Waals surface area contributed by atoms with Crippen LogP contribution >= 0.6 is 0 Å². The molecule has 0 aliphatic heterocycles. The van der Waals surface area contributed by atoms with Crippen LogP contribution in [0.15, 0.2) is 18.2 Å². The number of nitrogens with two attached hydrogens (primary N) is 1. The van der Waals surface area contributed by atoms with Crippen LogP contribution in [-0.2, 0) is 11.2 Å². The number of nitrogens with one attached hydrogen (secondary N) is 1. The lowest BCUT2D eigenvalue weighted by atomic mass is 10.1. The van der Waals surface area contributed by atoms with Gasteiger partial charge in [-0.15, -0.1) is 0 Å². The maximum absolute atomic E-state index is 11.3. The normalized spacial score (nSPS) is 12.2. The third-order valence-corrected chi connectivity index (χ3v) is 2.91. The molecular formula is C14H21N3O4. The van der Waals surface area contributed by atoms with Crippen LogP contribution in [0.3, 0.4) is 0 Å². The van der Waals surface area contributed by atoms with Gasteiger partial charge in [-0.1, -0.05) is 26.8 Å². The summed E-state index contributed by atoms with van der Waals surface area (Å²) in [6.07, 6.45) is 0.694. The summed E-state index contributed by atoms with van der Waals surface area (Å²) < 4.78 is 5.42. The van der Waals surface area contributed by atoms with E-state index >= 15 is 0 Å². The highest BCUT2D eigenvalue weighted by Gasteiger charge is 2.20. The van der Waals surface area contributed by atoms with Gasteiger partial charge in [0, 0.05) is 12.1 Å². The Balaban J connectivity index is 2.86. The van der Waals surface area contributed by atoms with Gasteiger partial charge < -0.3 is 15.8 Å². The first-order chi connectivity index (χ1) is 9.85. The standard InChI is InChI=1S/C14H21N3O4/c1-4-10-5-6-13(12(7-10)17(19)20)21-8-11(14(15)18)16-9(2)3/h5-7,9,11,16H,4,8H2,1-3H3,(H2,15,18). The second-order valence-electron chi connectivity index (χ2n) is 5.00. The Morgan fingerprint density at radius 3 is 2.62 bits per heavy atom. The number of ether oxygens (including phenoxy) is 1. The smallest absolute Gasteiger partial charge is 0.311 e. The Morgan fingerprint density at radius 1 is 1.48 bits per heavy atom. The lowest BCUT2D eigenvalue weighted by molar-refractivity contribution is -0.385. The number of amides is 1. The molecule has 0 aromatic heterocycles. The van der Waals surface area contributed by atoms with Crippen molar-refractivity contribution < 1.29 is 14.5 Å². The van der Waals surface area contributed by atoms with Crippen LogP contribution in [0.2, 0.25) is 0 Å². The van der Waals surface area contributed by atoms with Crippen molar-refractivity contribution in [3.05, 3.63) is 33.9 Å². The fraction of sp³-hybridized carbons (Fsp3) is 0.500. The largest absolute Gasteiger partial charge is 0.485 e. The van der Waals surface area contributed by atoms with Gasteiger partial charge in [0.05, 0.1) is 4.92 Å². The van der Waals surface area contributed by atoms with E-state index in [9.17, 15) is 14.9 Å². The Kier molecular flexibility index (Phi) is 6.10. The monoisotopic (exact) mass is 295 g/mol. The molecule has 0 fully saturated rings. The summed E-state index contributed by atoms with van der Waals surface area (Å²) in [5.74, 6) is -0.425. The molecule has 0 radical (unpaired) electrons. The molecule has 116 valence electrons. The number of carbonyl (C=O) groups is 1. The molecule has 0 aliphatic carbocycles. The summed E-state index contributed by atoms with van der Waals surface area (Å²) in [5.41, 5.74) is 6.02. The van der Waals surface area contributed by atoms with Gasteiger partial charge in [0.1, 0.15) is 12.6 Å². The summed E-state index contributed by atoms with van der Waals surface area (Å²) in [7, 11) is 0. The summed E-state index contributed by atoms with van der Waals surface area (Å²) in [5, 5.41) is 14.0. The second kappa shape index (κ2) is 7.58. The fourth-order valence-corrected chi connectivity index (χ4v) is 1.84. The molecule has 1 aromatic carbocycles. The van der Waals surface area contributed by atoms with E-state index in [0.29, 0.717) is 6.42 Å². The fourth-order valence-electron chi connectivity index (χ4n) is 1.84. The van der Waals surface area contributed by atoms with Crippen molar-refractivity contribution >= 4 is 11.6 Å². The lowest BCUT2D eigenvalue weighted by Gasteiger charge is -2.18. The molecule has 1 rings (SSSR count). The molecule has 0 aliphatic rings. The van der Waals surface area contributed by atoms with Crippen molar-refractivity contribution in [3.63, 3.8) is 0 Å². The van der Waals surface area contributed by atoms with Crippen LogP contribution in [0.4, 0.5) is 5.69 Å². The Bertz CT molecular complexity index is 517. The molecule has 0 saturated carbocycles. The van der Waals surface area contributed by atoms with Crippen molar-refractivity contribution in [1.29, 1.82) is 0 Å². The molecule has 1 amide bonds. The number of hydrogen-bond donors (Lipinski definition) is 2. The SMILES string of the molecule is CCc1ccc(OCC(NC(C)C)C(N)=O)c([N+](=O)[O-])c1. The van der Waals surface area contributed by atoms with Gasteiger partial charge in [-0.05, 0) is 18.1 Å². The van der Waals surface area contributed by atoms with Crippen molar-refractivity contribution in [3.8, 4) is 5.75 Å². The molecule has 0 bridgehead atoms. The molecule has 0 heterocycles. The molecule has 1 aromatic rings. The van der Waals surface area contributed by atoms with Gasteiger partial charge in [0.2, 0.25) is 5.91 Å². The molecular weight excluding hydrogens is 274 g/mol. The Labute approximate surface area is 123 Å². The molecule has 0 saturated heterocycles. The summed E-state index contributed by atoms with van der Waals surface area (Å²) in [6, 6.07) is 4.13.